The van der Waals surface area contributed by atoms with Gasteiger partial charge in [0.05, 0.1) is 0 Å². The molecule has 0 aromatic rings. The summed E-state index contributed by atoms with van der Waals surface area (Å²) in [5.74, 6) is -0.591. The van der Waals surface area contributed by atoms with Gasteiger partial charge in [0.15, 0.2) is 11.6 Å². The van der Waals surface area contributed by atoms with E-state index in [1.807, 2.05) is 0 Å². The number of rotatable bonds is 8. The van der Waals surface area contributed by atoms with Gasteiger partial charge < -0.3 is 9.59 Å². The molecule has 0 saturated carbocycles. The molecule has 0 aromatic carbocycles. The second-order valence-corrected chi connectivity index (χ2v) is 3.67. The molecule has 0 rings (SSSR count). The van der Waals surface area contributed by atoms with E-state index in [-0.39, 0.29) is 48.8 Å². The van der Waals surface area contributed by atoms with Crippen LogP contribution in [-0.2, 0) is 19.2 Å². The van der Waals surface area contributed by atoms with Crippen molar-refractivity contribution in [3.05, 3.63) is 12.2 Å². The van der Waals surface area contributed by atoms with Gasteiger partial charge in [-0.3, -0.25) is 9.59 Å². The first-order chi connectivity index (χ1) is 7.41. The molecule has 88 valence electrons. The van der Waals surface area contributed by atoms with Crippen LogP contribution in [0.3, 0.4) is 0 Å². The highest BCUT2D eigenvalue weighted by Gasteiger charge is 2.02. The second kappa shape index (κ2) is 7.68. The number of carbonyl (C=O) groups excluding carboxylic acids is 4. The summed E-state index contributed by atoms with van der Waals surface area (Å²) in [5.41, 5.74) is 0. The zero-order valence-electron chi connectivity index (χ0n) is 9.62. The minimum absolute atomic E-state index is 0.0512. The monoisotopic (exact) mass is 224 g/mol. The molecule has 0 heterocycles. The Morgan fingerprint density at radius 3 is 1.25 bits per heavy atom. The van der Waals surface area contributed by atoms with E-state index in [1.54, 1.807) is 0 Å². The summed E-state index contributed by atoms with van der Waals surface area (Å²) >= 11 is 0. The van der Waals surface area contributed by atoms with Gasteiger partial charge in [0.2, 0.25) is 0 Å². The minimum Gasteiger partial charge on any atom is -0.300 e. The first-order valence-corrected chi connectivity index (χ1v) is 5.14. The van der Waals surface area contributed by atoms with Crippen molar-refractivity contribution in [3.63, 3.8) is 0 Å². The highest BCUT2D eigenvalue weighted by atomic mass is 16.1. The molecular weight excluding hydrogens is 208 g/mol. The lowest BCUT2D eigenvalue weighted by molar-refractivity contribution is -0.121. The van der Waals surface area contributed by atoms with Crippen molar-refractivity contribution in [2.24, 2.45) is 0 Å². The summed E-state index contributed by atoms with van der Waals surface area (Å²) in [6, 6.07) is 0. The normalized spacial score (nSPS) is 10.4. The van der Waals surface area contributed by atoms with E-state index in [0.29, 0.717) is 0 Å². The topological polar surface area (TPSA) is 68.3 Å². The van der Waals surface area contributed by atoms with Crippen LogP contribution in [0, 0.1) is 0 Å². The zero-order chi connectivity index (χ0) is 12.6. The average Bonchev–Trinajstić information content (AvgIpc) is 2.20. The lowest BCUT2D eigenvalue weighted by Crippen LogP contribution is -2.01. The maximum Gasteiger partial charge on any atom is 0.156 e. The van der Waals surface area contributed by atoms with Gasteiger partial charge in [0.1, 0.15) is 11.6 Å². The summed E-state index contributed by atoms with van der Waals surface area (Å²) in [4.78, 5) is 43.4. The number of allylic oxidation sites excluding steroid dienone is 2. The van der Waals surface area contributed by atoms with Crippen LogP contribution in [0.1, 0.15) is 39.5 Å². The Labute approximate surface area is 94.7 Å². The maximum atomic E-state index is 11.1. The van der Waals surface area contributed by atoms with Crippen LogP contribution in [0.5, 0.6) is 0 Å². The molecule has 0 unspecified atom stereocenters. The lowest BCUT2D eigenvalue weighted by atomic mass is 10.1. The second-order valence-electron chi connectivity index (χ2n) is 3.67. The number of carbonyl (C=O) groups is 4. The number of ketones is 4. The molecule has 4 nitrogen and oxygen atoms in total. The molecule has 0 aliphatic heterocycles. The SMILES string of the molecule is CC(=O)CCC(=O)/C=C\C(=O)CCC(C)=O. The van der Waals surface area contributed by atoms with Gasteiger partial charge in [-0.05, 0) is 26.0 Å². The largest absolute Gasteiger partial charge is 0.300 e. The molecule has 0 aromatic heterocycles. The quantitative estimate of drug-likeness (QED) is 0.585. The number of Topliss-reactive ketones (excluding diaryl/α,β-unsaturated/α-hetero) is 2. The molecule has 4 heteroatoms. The molecule has 0 atom stereocenters. The molecule has 0 bridgehead atoms. The first kappa shape index (κ1) is 14.4. The molecule has 0 fully saturated rings. The molecule has 0 N–H and O–H groups in total. The minimum atomic E-state index is -0.244. The van der Waals surface area contributed by atoms with E-state index in [4.69, 9.17) is 0 Å². The average molecular weight is 224 g/mol. The molecule has 16 heavy (non-hydrogen) atoms. The molecular formula is C12H16O4. The maximum absolute atomic E-state index is 11.1. The van der Waals surface area contributed by atoms with E-state index >= 15 is 0 Å². The Bertz CT molecular complexity index is 294. The Kier molecular flexibility index (Phi) is 6.92. The van der Waals surface area contributed by atoms with Crippen molar-refractivity contribution in [2.45, 2.75) is 39.5 Å². The first-order valence-electron chi connectivity index (χ1n) is 5.14. The van der Waals surface area contributed by atoms with E-state index < -0.39 is 0 Å². The van der Waals surface area contributed by atoms with Gasteiger partial charge in [-0.25, -0.2) is 0 Å². The van der Waals surface area contributed by atoms with Crippen molar-refractivity contribution >= 4 is 23.1 Å². The van der Waals surface area contributed by atoms with Crippen LogP contribution in [0.4, 0.5) is 0 Å². The van der Waals surface area contributed by atoms with Crippen molar-refractivity contribution in [3.8, 4) is 0 Å². The third-order valence-electron chi connectivity index (χ3n) is 1.90. The number of hydrogen-bond acceptors (Lipinski definition) is 4. The predicted octanol–water partition coefficient (Wildman–Crippen LogP) is 1.42. The van der Waals surface area contributed by atoms with Crippen LogP contribution in [-0.4, -0.2) is 23.1 Å². The molecule has 0 radical (unpaired) electrons. The summed E-state index contributed by atoms with van der Waals surface area (Å²) in [5, 5.41) is 0. The molecule has 0 aliphatic rings. The Balaban J connectivity index is 3.88. The van der Waals surface area contributed by atoms with E-state index in [9.17, 15) is 19.2 Å². The highest BCUT2D eigenvalue weighted by Crippen LogP contribution is 1.97. The summed E-state index contributed by atoms with van der Waals surface area (Å²) < 4.78 is 0. The van der Waals surface area contributed by atoms with Crippen molar-refractivity contribution in [1.29, 1.82) is 0 Å². The van der Waals surface area contributed by atoms with Crippen LogP contribution < -0.4 is 0 Å². The Hall–Kier alpha value is -1.58. The van der Waals surface area contributed by atoms with Crippen LogP contribution >= 0.6 is 0 Å². The smallest absolute Gasteiger partial charge is 0.156 e. The van der Waals surface area contributed by atoms with E-state index in [2.05, 4.69) is 0 Å². The van der Waals surface area contributed by atoms with Gasteiger partial charge in [0, 0.05) is 25.7 Å². The Morgan fingerprint density at radius 1 is 0.688 bits per heavy atom. The van der Waals surface area contributed by atoms with Gasteiger partial charge in [-0.2, -0.15) is 0 Å². The van der Waals surface area contributed by atoms with E-state index in [0.717, 1.165) is 0 Å². The molecule has 0 saturated heterocycles. The fraction of sp³-hybridized carbons (Fsp3) is 0.500. The fourth-order valence-electron chi connectivity index (χ4n) is 0.951. The summed E-state index contributed by atoms with van der Waals surface area (Å²) in [7, 11) is 0. The molecule has 0 amide bonds. The molecule has 0 spiro atoms. The van der Waals surface area contributed by atoms with Crippen molar-refractivity contribution in [2.75, 3.05) is 0 Å². The standard InChI is InChI=1S/C12H16O4/c1-9(13)3-5-11(15)7-8-12(16)6-4-10(2)14/h7-8H,3-6H2,1-2H3/b8-7-. The lowest BCUT2D eigenvalue weighted by Gasteiger charge is -1.93. The van der Waals surface area contributed by atoms with Crippen LogP contribution in [0.25, 0.3) is 0 Å². The van der Waals surface area contributed by atoms with E-state index in [1.165, 1.54) is 26.0 Å². The predicted molar refractivity (Wildman–Crippen MR) is 59.0 cm³/mol. The van der Waals surface area contributed by atoms with Gasteiger partial charge >= 0.3 is 0 Å². The zero-order valence-corrected chi connectivity index (χ0v) is 9.62. The van der Waals surface area contributed by atoms with Gasteiger partial charge in [-0.1, -0.05) is 0 Å². The fourth-order valence-corrected chi connectivity index (χ4v) is 0.951. The van der Waals surface area contributed by atoms with Crippen LogP contribution in [0.2, 0.25) is 0 Å². The van der Waals surface area contributed by atoms with Gasteiger partial charge in [0.25, 0.3) is 0 Å². The van der Waals surface area contributed by atoms with Crippen molar-refractivity contribution < 1.29 is 19.2 Å². The summed E-state index contributed by atoms with van der Waals surface area (Å²) in [6.07, 6.45) is 3.00. The Morgan fingerprint density at radius 2 is 1.00 bits per heavy atom. The third kappa shape index (κ3) is 8.99. The summed E-state index contributed by atoms with van der Waals surface area (Å²) in [6.45, 7) is 2.82. The number of hydrogen-bond donors (Lipinski definition) is 0. The van der Waals surface area contributed by atoms with Gasteiger partial charge in [-0.15, -0.1) is 0 Å². The van der Waals surface area contributed by atoms with Crippen LogP contribution in [0.15, 0.2) is 12.2 Å². The van der Waals surface area contributed by atoms with Crippen molar-refractivity contribution in [1.82, 2.24) is 0 Å². The molecule has 0 aliphatic carbocycles. The highest BCUT2D eigenvalue weighted by molar-refractivity contribution is 6.00. The third-order valence-corrected chi connectivity index (χ3v) is 1.90.